The molecule has 0 unspecified atom stereocenters. The smallest absolute Gasteiger partial charge is 0.416 e. The van der Waals surface area contributed by atoms with Crippen molar-refractivity contribution >= 4 is 22.4 Å². The third-order valence-electron chi connectivity index (χ3n) is 4.05. The maximum absolute atomic E-state index is 12.8. The first-order chi connectivity index (χ1) is 13.8. The van der Waals surface area contributed by atoms with Gasteiger partial charge in [-0.05, 0) is 42.8 Å². The highest BCUT2D eigenvalue weighted by Gasteiger charge is 2.30. The predicted molar refractivity (Wildman–Crippen MR) is 103 cm³/mol. The first kappa shape index (κ1) is 21.3. The Bertz CT molecular complexity index is 1010. The fourth-order valence-electron chi connectivity index (χ4n) is 2.62. The molecular formula is C19H17ClF3N3O2S. The molecular weight excluding hydrogens is 427 g/mol. The average molecular weight is 444 g/mol. The van der Waals surface area contributed by atoms with Gasteiger partial charge in [-0.2, -0.15) is 13.2 Å². The molecule has 29 heavy (non-hydrogen) atoms. The van der Waals surface area contributed by atoms with E-state index in [4.69, 9.17) is 16.3 Å². The summed E-state index contributed by atoms with van der Waals surface area (Å²) in [4.78, 5) is 0. The maximum atomic E-state index is 12.8. The summed E-state index contributed by atoms with van der Waals surface area (Å²) in [5, 5.41) is 8.87. The van der Waals surface area contributed by atoms with Gasteiger partial charge in [-0.3, -0.25) is 4.21 Å². The number of halogens is 4. The van der Waals surface area contributed by atoms with E-state index in [1.54, 1.807) is 28.8 Å². The second kappa shape index (κ2) is 8.96. The number of alkyl halides is 3. The van der Waals surface area contributed by atoms with Crippen LogP contribution in [0.3, 0.4) is 0 Å². The molecule has 5 nitrogen and oxygen atoms in total. The van der Waals surface area contributed by atoms with Crippen molar-refractivity contribution in [2.45, 2.75) is 37.2 Å². The number of hydrogen-bond donors (Lipinski definition) is 0. The Morgan fingerprint density at radius 1 is 1.14 bits per heavy atom. The Labute approximate surface area is 172 Å². The number of nitrogens with zero attached hydrogens (tertiary/aromatic N) is 3. The summed E-state index contributed by atoms with van der Waals surface area (Å²) in [6, 6.07) is 11.6. The van der Waals surface area contributed by atoms with Crippen LogP contribution < -0.4 is 4.74 Å². The van der Waals surface area contributed by atoms with Crippen molar-refractivity contribution in [3.63, 3.8) is 0 Å². The van der Waals surface area contributed by atoms with Crippen LogP contribution in [0.5, 0.6) is 5.75 Å². The van der Waals surface area contributed by atoms with Gasteiger partial charge in [0.2, 0.25) is 5.16 Å². The quantitative estimate of drug-likeness (QED) is 0.523. The van der Waals surface area contributed by atoms with Crippen molar-refractivity contribution < 1.29 is 22.1 Å². The highest BCUT2D eigenvalue weighted by Crippen LogP contribution is 2.31. The molecule has 10 heteroatoms. The summed E-state index contributed by atoms with van der Waals surface area (Å²) >= 11 is 5.86. The van der Waals surface area contributed by atoms with Crippen molar-refractivity contribution in [3.8, 4) is 5.75 Å². The molecule has 0 aliphatic heterocycles. The number of rotatable bonds is 7. The normalized spacial score (nSPS) is 12.7. The summed E-state index contributed by atoms with van der Waals surface area (Å²) in [6.07, 6.45) is -4.45. The molecule has 0 saturated carbocycles. The minimum Gasteiger partial charge on any atom is -0.486 e. The minimum atomic E-state index is -4.45. The zero-order valence-electron chi connectivity index (χ0n) is 15.3. The fraction of sp³-hybridized carbons (Fsp3) is 0.263. The molecule has 1 aromatic heterocycles. The van der Waals surface area contributed by atoms with Gasteiger partial charge in [-0.15, -0.1) is 10.2 Å². The van der Waals surface area contributed by atoms with Crippen LogP contribution in [0.25, 0.3) is 0 Å². The van der Waals surface area contributed by atoms with Crippen LogP contribution >= 0.6 is 11.6 Å². The van der Waals surface area contributed by atoms with Gasteiger partial charge >= 0.3 is 6.18 Å². The molecule has 3 rings (SSSR count). The molecule has 0 bridgehead atoms. The van der Waals surface area contributed by atoms with Crippen molar-refractivity contribution in [3.05, 3.63) is 70.5 Å². The Balaban J connectivity index is 1.72. The van der Waals surface area contributed by atoms with E-state index in [-0.39, 0.29) is 23.3 Å². The van der Waals surface area contributed by atoms with Crippen LogP contribution in [0.15, 0.2) is 53.7 Å². The molecule has 3 aromatic rings. The van der Waals surface area contributed by atoms with Gasteiger partial charge in [0.05, 0.1) is 22.1 Å². The van der Waals surface area contributed by atoms with Gasteiger partial charge in [0, 0.05) is 11.6 Å². The lowest BCUT2D eigenvalue weighted by Gasteiger charge is -2.11. The van der Waals surface area contributed by atoms with Gasteiger partial charge in [-0.25, -0.2) is 0 Å². The fourth-order valence-corrected chi connectivity index (χ4v) is 3.98. The first-order valence-electron chi connectivity index (χ1n) is 8.63. The third kappa shape index (κ3) is 5.36. The molecule has 0 N–H and O–H groups in total. The van der Waals surface area contributed by atoms with E-state index < -0.39 is 22.5 Å². The van der Waals surface area contributed by atoms with Crippen LogP contribution in [0.4, 0.5) is 13.2 Å². The molecule has 0 fully saturated rings. The Hall–Kier alpha value is -2.39. The standard InChI is InChI=1S/C19H17ClF3N3O2S/c1-2-26-17(11-28-16-5-3-4-14(10-16)19(21,22)23)24-25-18(26)29(27)12-13-6-8-15(20)9-7-13/h3-10H,2,11-12H2,1H3/t29-/m1/s1. The Morgan fingerprint density at radius 2 is 1.86 bits per heavy atom. The van der Waals surface area contributed by atoms with E-state index in [0.29, 0.717) is 17.4 Å². The molecule has 0 amide bonds. The lowest BCUT2D eigenvalue weighted by Crippen LogP contribution is -2.11. The predicted octanol–water partition coefficient (Wildman–Crippen LogP) is 4.86. The molecule has 0 spiro atoms. The van der Waals surface area contributed by atoms with Gasteiger partial charge in [0.1, 0.15) is 12.4 Å². The Kier molecular flexibility index (Phi) is 6.59. The lowest BCUT2D eigenvalue weighted by molar-refractivity contribution is -0.137. The van der Waals surface area contributed by atoms with E-state index in [1.165, 1.54) is 12.1 Å². The summed E-state index contributed by atoms with van der Waals surface area (Å²) < 4.78 is 58.3. The van der Waals surface area contributed by atoms with Crippen LogP contribution in [-0.2, 0) is 35.9 Å². The molecule has 2 aromatic carbocycles. The molecule has 0 radical (unpaired) electrons. The first-order valence-corrected chi connectivity index (χ1v) is 10.3. The summed E-state index contributed by atoms with van der Waals surface area (Å²) in [6.45, 7) is 2.18. The van der Waals surface area contributed by atoms with Crippen molar-refractivity contribution in [1.29, 1.82) is 0 Å². The van der Waals surface area contributed by atoms with Crippen molar-refractivity contribution in [2.75, 3.05) is 0 Å². The van der Waals surface area contributed by atoms with Gasteiger partial charge in [-0.1, -0.05) is 29.8 Å². The van der Waals surface area contributed by atoms with Gasteiger partial charge in [0.15, 0.2) is 5.82 Å². The van der Waals surface area contributed by atoms with Gasteiger partial charge in [0.25, 0.3) is 0 Å². The van der Waals surface area contributed by atoms with Crippen LogP contribution in [-0.4, -0.2) is 19.0 Å². The maximum Gasteiger partial charge on any atom is 0.416 e. The topological polar surface area (TPSA) is 57.0 Å². The second-order valence-corrected chi connectivity index (χ2v) is 7.85. The largest absolute Gasteiger partial charge is 0.486 e. The van der Waals surface area contributed by atoms with Crippen LogP contribution in [0, 0.1) is 0 Å². The summed E-state index contributed by atoms with van der Waals surface area (Å²) in [7, 11) is -1.45. The van der Waals surface area contributed by atoms with Crippen molar-refractivity contribution in [2.24, 2.45) is 0 Å². The zero-order chi connectivity index (χ0) is 21.0. The molecule has 1 atom stereocenters. The highest BCUT2D eigenvalue weighted by atomic mass is 35.5. The number of hydrogen-bond acceptors (Lipinski definition) is 4. The minimum absolute atomic E-state index is 0.0642. The van der Waals surface area contributed by atoms with Crippen molar-refractivity contribution in [1.82, 2.24) is 14.8 Å². The monoisotopic (exact) mass is 443 g/mol. The van der Waals surface area contributed by atoms with Crippen LogP contribution in [0.1, 0.15) is 23.9 Å². The molecule has 154 valence electrons. The van der Waals surface area contributed by atoms with E-state index >= 15 is 0 Å². The van der Waals surface area contributed by atoms with Gasteiger partial charge < -0.3 is 9.30 Å². The van der Waals surface area contributed by atoms with E-state index in [1.807, 2.05) is 6.92 Å². The SMILES string of the molecule is CCn1c(COc2cccc(C(F)(F)F)c2)nnc1[S@](=O)Cc1ccc(Cl)cc1. The Morgan fingerprint density at radius 3 is 2.52 bits per heavy atom. The number of ether oxygens (including phenoxy) is 1. The molecule has 1 heterocycles. The third-order valence-corrected chi connectivity index (χ3v) is 5.61. The molecule has 0 saturated heterocycles. The van der Waals surface area contributed by atoms with E-state index in [9.17, 15) is 17.4 Å². The summed E-state index contributed by atoms with van der Waals surface area (Å²) in [5.41, 5.74) is 0.0388. The van der Waals surface area contributed by atoms with Crippen LogP contribution in [0.2, 0.25) is 5.02 Å². The van der Waals surface area contributed by atoms with E-state index in [0.717, 1.165) is 17.7 Å². The average Bonchev–Trinajstić information content (AvgIpc) is 3.11. The lowest BCUT2D eigenvalue weighted by atomic mass is 10.2. The number of aromatic nitrogens is 3. The van der Waals surface area contributed by atoms with E-state index in [2.05, 4.69) is 10.2 Å². The highest BCUT2D eigenvalue weighted by molar-refractivity contribution is 7.84. The zero-order valence-corrected chi connectivity index (χ0v) is 16.9. The summed E-state index contributed by atoms with van der Waals surface area (Å²) in [5.74, 6) is 0.683. The number of benzene rings is 2. The molecule has 0 aliphatic rings. The molecule has 0 aliphatic carbocycles. The second-order valence-electron chi connectivity index (χ2n) is 6.07.